The molecule has 0 atom stereocenters. The van der Waals surface area contributed by atoms with E-state index in [1.165, 1.54) is 24.5 Å². The first kappa shape index (κ1) is 39.8. The number of pyridine rings is 2. The lowest BCUT2D eigenvalue weighted by atomic mass is 9.84. The average Bonchev–Trinajstić information content (AvgIpc) is 3.11. The van der Waals surface area contributed by atoms with Gasteiger partial charge in [0.25, 0.3) is 0 Å². The minimum absolute atomic E-state index is 0.0599. The number of rotatable bonds is 6. The largest absolute Gasteiger partial charge is 0.463 e. The van der Waals surface area contributed by atoms with Crippen LogP contribution in [0.5, 0.6) is 0 Å². The van der Waals surface area contributed by atoms with Gasteiger partial charge in [-0.2, -0.15) is 26.3 Å². The van der Waals surface area contributed by atoms with Gasteiger partial charge >= 0.3 is 24.3 Å². The van der Waals surface area contributed by atoms with E-state index in [1.54, 1.807) is 26.2 Å². The van der Waals surface area contributed by atoms with Crippen LogP contribution in [0.25, 0.3) is 33.4 Å². The Morgan fingerprint density at radius 3 is 1.30 bits per heavy atom. The van der Waals surface area contributed by atoms with E-state index in [-0.39, 0.29) is 24.3 Å². The molecule has 2 heterocycles. The molecule has 0 fully saturated rings. The zero-order valence-corrected chi connectivity index (χ0v) is 29.1. The van der Waals surface area contributed by atoms with Crippen molar-refractivity contribution in [3.05, 3.63) is 118 Å². The van der Waals surface area contributed by atoms with E-state index in [0.717, 1.165) is 59.4 Å². The fourth-order valence-electron chi connectivity index (χ4n) is 6.48. The van der Waals surface area contributed by atoms with Crippen molar-refractivity contribution in [3.63, 3.8) is 0 Å². The van der Waals surface area contributed by atoms with E-state index in [1.807, 2.05) is 0 Å². The molecule has 0 saturated carbocycles. The number of carbonyl (C=O) groups is 2. The van der Waals surface area contributed by atoms with Crippen molar-refractivity contribution < 1.29 is 54.2 Å². The number of ether oxygens (including phenoxy) is 2. The zero-order valence-electron chi connectivity index (χ0n) is 29.1. The van der Waals surface area contributed by atoms with Gasteiger partial charge in [-0.15, -0.1) is 0 Å². The SMILES string of the molecule is CCOC(=O)/C=C1/CCCc2c1cncc2-c1ccc(C(F)(F)F)cc1F.CCOC(=O)/C=C1\CCCc2c1cncc2-c1ccc(C(F)(F)F)cc1F. The maximum atomic E-state index is 14.4. The predicted octanol–water partition coefficient (Wildman–Crippen LogP) is 10.4. The number of allylic oxidation sites excluding steroid dienone is 2. The molecular formula is C40H34F8N2O4. The average molecular weight is 759 g/mol. The highest BCUT2D eigenvalue weighted by molar-refractivity contribution is 5.94. The lowest BCUT2D eigenvalue weighted by molar-refractivity contribution is -0.138. The van der Waals surface area contributed by atoms with Gasteiger partial charge in [0, 0.05) is 70.3 Å². The summed E-state index contributed by atoms with van der Waals surface area (Å²) in [5, 5.41) is 0. The number of alkyl halides is 6. The Bertz CT molecular complexity index is 1960. The summed E-state index contributed by atoms with van der Waals surface area (Å²) in [5.74, 6) is -2.85. The fraction of sp³-hybridized carbons (Fsp3) is 0.300. The summed E-state index contributed by atoms with van der Waals surface area (Å²) in [6, 6.07) is 4.95. The molecule has 2 aromatic carbocycles. The zero-order chi connectivity index (χ0) is 39.2. The van der Waals surface area contributed by atoms with Crippen LogP contribution in [0, 0.1) is 11.6 Å². The number of esters is 2. The molecule has 2 aromatic heterocycles. The van der Waals surface area contributed by atoms with Crippen molar-refractivity contribution in [2.24, 2.45) is 0 Å². The number of fused-ring (bicyclic) bond motifs is 2. The van der Waals surface area contributed by atoms with Crippen LogP contribution < -0.4 is 0 Å². The van der Waals surface area contributed by atoms with E-state index < -0.39 is 47.1 Å². The maximum Gasteiger partial charge on any atom is 0.416 e. The molecule has 54 heavy (non-hydrogen) atoms. The molecule has 4 aromatic rings. The first-order valence-electron chi connectivity index (χ1n) is 17.1. The molecule has 0 aliphatic heterocycles. The van der Waals surface area contributed by atoms with Crippen molar-refractivity contribution in [1.29, 1.82) is 0 Å². The van der Waals surface area contributed by atoms with Crippen LogP contribution in [0.4, 0.5) is 35.1 Å². The van der Waals surface area contributed by atoms with Gasteiger partial charge in [0.1, 0.15) is 11.6 Å². The number of nitrogens with zero attached hydrogens (tertiary/aromatic N) is 2. The van der Waals surface area contributed by atoms with Crippen LogP contribution >= 0.6 is 0 Å². The second kappa shape index (κ2) is 16.7. The maximum absolute atomic E-state index is 14.4. The number of aromatic nitrogens is 2. The third kappa shape index (κ3) is 9.20. The Morgan fingerprint density at radius 2 is 0.963 bits per heavy atom. The number of benzene rings is 2. The summed E-state index contributed by atoms with van der Waals surface area (Å²) in [4.78, 5) is 31.8. The first-order chi connectivity index (χ1) is 25.6. The van der Waals surface area contributed by atoms with Crippen LogP contribution in [-0.4, -0.2) is 35.1 Å². The number of carbonyl (C=O) groups excluding carboxylic acids is 2. The van der Waals surface area contributed by atoms with E-state index in [9.17, 15) is 44.7 Å². The Kier molecular flexibility index (Phi) is 12.3. The first-order valence-corrected chi connectivity index (χ1v) is 17.1. The molecule has 0 radical (unpaired) electrons. The number of halogens is 8. The fourth-order valence-corrected chi connectivity index (χ4v) is 6.48. The molecule has 0 saturated heterocycles. The normalized spacial score (nSPS) is 15.5. The molecular weight excluding hydrogens is 724 g/mol. The molecule has 2 aliphatic rings. The van der Waals surface area contributed by atoms with Gasteiger partial charge < -0.3 is 9.47 Å². The van der Waals surface area contributed by atoms with Crippen LogP contribution in [0.1, 0.15) is 72.9 Å². The Hall–Kier alpha value is -5.40. The predicted molar refractivity (Wildman–Crippen MR) is 184 cm³/mol. The minimum Gasteiger partial charge on any atom is -0.463 e. The van der Waals surface area contributed by atoms with E-state index in [0.29, 0.717) is 60.1 Å². The standard InChI is InChI=1S/2C20H17F4NO2/c2*1-2-27-19(26)8-12-4-3-5-14-16(12)10-25-11-17(14)15-7-6-13(9-18(15)21)20(22,23)24/h2*6-11H,2-5H2,1H3/b12-8+;12-8-. The number of hydrogen-bond donors (Lipinski definition) is 0. The summed E-state index contributed by atoms with van der Waals surface area (Å²) in [6.45, 7) is 3.92. The summed E-state index contributed by atoms with van der Waals surface area (Å²) >= 11 is 0. The van der Waals surface area contributed by atoms with Crippen LogP contribution in [-0.2, 0) is 44.3 Å². The topological polar surface area (TPSA) is 78.4 Å². The quantitative estimate of drug-likeness (QED) is 0.111. The Balaban J connectivity index is 0.000000208. The highest BCUT2D eigenvalue weighted by Gasteiger charge is 2.33. The van der Waals surface area contributed by atoms with Crippen LogP contribution in [0.15, 0.2) is 73.3 Å². The van der Waals surface area contributed by atoms with Crippen LogP contribution in [0.3, 0.4) is 0 Å². The lowest BCUT2D eigenvalue weighted by Gasteiger charge is -2.22. The van der Waals surface area contributed by atoms with Crippen molar-refractivity contribution in [3.8, 4) is 22.3 Å². The third-order valence-corrected chi connectivity index (χ3v) is 8.88. The summed E-state index contributed by atoms with van der Waals surface area (Å²) in [7, 11) is 0. The second-order valence-electron chi connectivity index (χ2n) is 12.4. The second-order valence-corrected chi connectivity index (χ2v) is 12.4. The van der Waals surface area contributed by atoms with Gasteiger partial charge in [-0.25, -0.2) is 18.4 Å². The molecule has 0 amide bonds. The van der Waals surface area contributed by atoms with E-state index in [2.05, 4.69) is 9.97 Å². The molecule has 14 heteroatoms. The van der Waals surface area contributed by atoms with Gasteiger partial charge in [0.2, 0.25) is 0 Å². The van der Waals surface area contributed by atoms with Gasteiger partial charge in [0.05, 0.1) is 24.3 Å². The van der Waals surface area contributed by atoms with Gasteiger partial charge in [-0.3, -0.25) is 9.97 Å². The molecule has 0 unspecified atom stereocenters. The van der Waals surface area contributed by atoms with Crippen LogP contribution in [0.2, 0.25) is 0 Å². The van der Waals surface area contributed by atoms with Crippen molar-refractivity contribution >= 4 is 23.1 Å². The van der Waals surface area contributed by atoms with Gasteiger partial charge in [-0.05, 0) is 98.9 Å². The highest BCUT2D eigenvalue weighted by atomic mass is 19.4. The summed E-state index contributed by atoms with van der Waals surface area (Å²) < 4.78 is 115. The molecule has 0 N–H and O–H groups in total. The molecule has 2 aliphatic carbocycles. The van der Waals surface area contributed by atoms with E-state index >= 15 is 0 Å². The van der Waals surface area contributed by atoms with Gasteiger partial charge in [0.15, 0.2) is 0 Å². The minimum atomic E-state index is -4.61. The smallest absolute Gasteiger partial charge is 0.416 e. The molecule has 284 valence electrons. The lowest BCUT2D eigenvalue weighted by Crippen LogP contribution is -2.09. The van der Waals surface area contributed by atoms with Crippen molar-refractivity contribution in [2.75, 3.05) is 13.2 Å². The molecule has 0 spiro atoms. The molecule has 6 nitrogen and oxygen atoms in total. The number of hydrogen-bond acceptors (Lipinski definition) is 6. The van der Waals surface area contributed by atoms with Gasteiger partial charge in [-0.1, -0.05) is 12.1 Å². The Labute approximate surface area is 305 Å². The van der Waals surface area contributed by atoms with Crippen molar-refractivity contribution in [1.82, 2.24) is 9.97 Å². The van der Waals surface area contributed by atoms with E-state index in [4.69, 9.17) is 9.47 Å². The summed E-state index contributed by atoms with van der Waals surface area (Å²) in [5.41, 5.74) is 3.32. The van der Waals surface area contributed by atoms with Crippen molar-refractivity contribution in [2.45, 2.75) is 64.7 Å². The highest BCUT2D eigenvalue weighted by Crippen LogP contribution is 2.40. The summed E-state index contributed by atoms with van der Waals surface area (Å²) in [6.07, 6.45) is 3.64. The third-order valence-electron chi connectivity index (χ3n) is 8.88. The monoisotopic (exact) mass is 758 g/mol. The molecule has 0 bridgehead atoms. The Morgan fingerprint density at radius 1 is 0.593 bits per heavy atom. The molecule has 6 rings (SSSR count).